The topological polar surface area (TPSA) is 127 Å². The molecule has 2 atom stereocenters. The monoisotopic (exact) mass is 616 g/mol. The van der Waals surface area contributed by atoms with Gasteiger partial charge in [-0.05, 0) is 89.3 Å². The van der Waals surface area contributed by atoms with E-state index in [0.29, 0.717) is 17.7 Å². The van der Waals surface area contributed by atoms with Crippen molar-refractivity contribution >= 4 is 35.5 Å². The predicted molar refractivity (Wildman–Crippen MR) is 168 cm³/mol. The Balaban J connectivity index is 1.54. The Morgan fingerprint density at radius 3 is 2.22 bits per heavy atom. The van der Waals surface area contributed by atoms with Crippen LogP contribution in [0.2, 0.25) is 0 Å². The number of β-lactam (4-membered cyclic amide) rings is 1. The van der Waals surface area contributed by atoms with Gasteiger partial charge in [-0.15, -0.1) is 5.06 Å². The summed E-state index contributed by atoms with van der Waals surface area (Å²) in [6.07, 6.45) is 1.36. The van der Waals surface area contributed by atoms with Crippen LogP contribution in [0.4, 0.5) is 21.1 Å². The van der Waals surface area contributed by atoms with Crippen LogP contribution in [0.25, 0.3) is 0 Å². The molecule has 0 spiro atoms. The van der Waals surface area contributed by atoms with Gasteiger partial charge in [0.15, 0.2) is 11.9 Å². The molecule has 238 valence electrons. The van der Waals surface area contributed by atoms with E-state index in [9.17, 15) is 19.2 Å². The smallest absolute Gasteiger partial charge is 0.440 e. The van der Waals surface area contributed by atoms with Gasteiger partial charge in [0, 0.05) is 11.9 Å². The van der Waals surface area contributed by atoms with Crippen LogP contribution in [0, 0.1) is 5.92 Å². The SMILES string of the molecule is COC(=O)C1C(Cc2ccnc(N(OC(C)(C)C)C(=O)OC(C)(C)C)c2)C(=O)N1C(=O)Nc1ccccc1Cc1ccccc1. The molecule has 0 saturated carbocycles. The third-order valence-corrected chi connectivity index (χ3v) is 6.77. The molecule has 4 amide bonds. The molecule has 1 N–H and O–H groups in total. The molecule has 4 rings (SSSR count). The van der Waals surface area contributed by atoms with Crippen molar-refractivity contribution in [2.45, 2.75) is 71.6 Å². The number of aromatic nitrogens is 1. The number of hydrogen-bond acceptors (Lipinski definition) is 8. The molecular weight excluding hydrogens is 576 g/mol. The van der Waals surface area contributed by atoms with Crippen LogP contribution >= 0.6 is 0 Å². The minimum Gasteiger partial charge on any atom is -0.467 e. The van der Waals surface area contributed by atoms with Gasteiger partial charge in [-0.1, -0.05) is 48.5 Å². The van der Waals surface area contributed by atoms with Crippen LogP contribution in [0.3, 0.4) is 0 Å². The second-order valence-electron chi connectivity index (χ2n) is 12.7. The van der Waals surface area contributed by atoms with E-state index in [1.807, 2.05) is 42.5 Å². The zero-order chi connectivity index (χ0) is 32.9. The normalized spacial score (nSPS) is 16.4. The maximum Gasteiger partial charge on any atom is 0.440 e. The number of carbonyl (C=O) groups is 4. The number of hydroxylamine groups is 1. The Morgan fingerprint density at radius 1 is 0.911 bits per heavy atom. The second kappa shape index (κ2) is 13.5. The van der Waals surface area contributed by atoms with Crippen molar-refractivity contribution in [1.82, 2.24) is 9.88 Å². The summed E-state index contributed by atoms with van der Waals surface area (Å²) in [7, 11) is 1.21. The average Bonchev–Trinajstić information content (AvgIpc) is 2.97. The van der Waals surface area contributed by atoms with Crippen LogP contribution in [0.15, 0.2) is 72.9 Å². The highest BCUT2D eigenvalue weighted by Crippen LogP contribution is 2.33. The van der Waals surface area contributed by atoms with Gasteiger partial charge in [0.25, 0.3) is 0 Å². The maximum atomic E-state index is 13.4. The number of anilines is 2. The minimum absolute atomic E-state index is 0.0835. The van der Waals surface area contributed by atoms with Crippen molar-refractivity contribution in [3.63, 3.8) is 0 Å². The highest BCUT2D eigenvalue weighted by atomic mass is 16.7. The lowest BCUT2D eigenvalue weighted by molar-refractivity contribution is -0.167. The van der Waals surface area contributed by atoms with Gasteiger partial charge in [0.2, 0.25) is 5.91 Å². The van der Waals surface area contributed by atoms with Crippen molar-refractivity contribution in [2.75, 3.05) is 17.5 Å². The second-order valence-corrected chi connectivity index (χ2v) is 12.7. The number of urea groups is 1. The molecule has 1 aliphatic rings. The Kier molecular flexibility index (Phi) is 9.92. The van der Waals surface area contributed by atoms with Gasteiger partial charge >= 0.3 is 18.1 Å². The molecule has 2 heterocycles. The van der Waals surface area contributed by atoms with E-state index < -0.39 is 47.2 Å². The van der Waals surface area contributed by atoms with Crippen LogP contribution < -0.4 is 10.4 Å². The van der Waals surface area contributed by atoms with Crippen LogP contribution in [-0.4, -0.2) is 58.2 Å². The summed E-state index contributed by atoms with van der Waals surface area (Å²) in [6.45, 7) is 10.6. The number of likely N-dealkylation sites (tertiary alicyclic amines) is 1. The van der Waals surface area contributed by atoms with Gasteiger partial charge < -0.3 is 14.8 Å². The number of rotatable bonds is 8. The third kappa shape index (κ3) is 8.45. The Labute approximate surface area is 263 Å². The van der Waals surface area contributed by atoms with Crippen LogP contribution in [-0.2, 0) is 36.7 Å². The average molecular weight is 617 g/mol. The first-order valence-electron chi connectivity index (χ1n) is 14.7. The highest BCUT2D eigenvalue weighted by Gasteiger charge is 2.55. The first-order valence-corrected chi connectivity index (χ1v) is 14.7. The van der Waals surface area contributed by atoms with Gasteiger partial charge in [-0.25, -0.2) is 24.3 Å². The number of ether oxygens (including phenoxy) is 2. The van der Waals surface area contributed by atoms with Crippen molar-refractivity contribution in [1.29, 1.82) is 0 Å². The van der Waals surface area contributed by atoms with E-state index in [4.69, 9.17) is 14.3 Å². The number of imide groups is 1. The zero-order valence-corrected chi connectivity index (χ0v) is 26.7. The lowest BCUT2D eigenvalue weighted by atomic mass is 9.82. The maximum absolute atomic E-state index is 13.4. The summed E-state index contributed by atoms with van der Waals surface area (Å²) in [5.74, 6) is -1.98. The highest BCUT2D eigenvalue weighted by molar-refractivity contribution is 6.11. The molecule has 2 aromatic carbocycles. The lowest BCUT2D eigenvalue weighted by Gasteiger charge is -2.43. The molecular formula is C34H40N4O7. The number of nitrogens with zero attached hydrogens (tertiary/aromatic N) is 3. The lowest BCUT2D eigenvalue weighted by Crippen LogP contribution is -2.67. The summed E-state index contributed by atoms with van der Waals surface area (Å²) in [6, 6.07) is 18.5. The van der Waals surface area contributed by atoms with Gasteiger partial charge in [-0.2, -0.15) is 0 Å². The van der Waals surface area contributed by atoms with Gasteiger partial charge in [-0.3, -0.25) is 9.63 Å². The largest absolute Gasteiger partial charge is 0.467 e. The summed E-state index contributed by atoms with van der Waals surface area (Å²) in [5, 5.41) is 3.78. The molecule has 0 aliphatic carbocycles. The van der Waals surface area contributed by atoms with E-state index in [1.165, 1.54) is 13.3 Å². The number of nitrogens with one attached hydrogen (secondary N) is 1. The minimum atomic E-state index is -1.15. The Morgan fingerprint density at radius 2 is 1.58 bits per heavy atom. The van der Waals surface area contributed by atoms with E-state index >= 15 is 0 Å². The molecule has 3 aromatic rings. The first kappa shape index (κ1) is 33.1. The van der Waals surface area contributed by atoms with E-state index in [-0.39, 0.29) is 12.2 Å². The molecule has 0 bridgehead atoms. The summed E-state index contributed by atoms with van der Waals surface area (Å²) >= 11 is 0. The number of hydrogen-bond donors (Lipinski definition) is 1. The van der Waals surface area contributed by atoms with Gasteiger partial charge in [0.05, 0.1) is 18.6 Å². The summed E-state index contributed by atoms with van der Waals surface area (Å²) < 4.78 is 10.5. The third-order valence-electron chi connectivity index (χ3n) is 6.77. The molecule has 1 aliphatic heterocycles. The Bertz CT molecular complexity index is 1550. The quantitative estimate of drug-likeness (QED) is 0.188. The molecule has 11 nitrogen and oxygen atoms in total. The molecule has 1 aromatic heterocycles. The van der Waals surface area contributed by atoms with Gasteiger partial charge in [0.1, 0.15) is 5.60 Å². The van der Waals surface area contributed by atoms with E-state index in [2.05, 4.69) is 10.3 Å². The molecule has 2 unspecified atom stereocenters. The molecule has 11 heteroatoms. The van der Waals surface area contributed by atoms with Crippen molar-refractivity contribution < 1.29 is 33.5 Å². The number of esters is 1. The Hall–Kier alpha value is -4.77. The summed E-state index contributed by atoms with van der Waals surface area (Å²) in [5.41, 5.74) is 1.49. The molecule has 1 saturated heterocycles. The number of para-hydroxylation sites is 1. The van der Waals surface area contributed by atoms with Crippen LogP contribution in [0.1, 0.15) is 58.2 Å². The predicted octanol–water partition coefficient (Wildman–Crippen LogP) is 5.92. The van der Waals surface area contributed by atoms with Crippen molar-refractivity contribution in [3.8, 4) is 0 Å². The number of carbonyl (C=O) groups excluding carboxylic acids is 4. The summed E-state index contributed by atoms with van der Waals surface area (Å²) in [4.78, 5) is 63.8. The number of benzene rings is 2. The zero-order valence-electron chi connectivity index (χ0n) is 26.7. The fourth-order valence-corrected chi connectivity index (χ4v) is 4.86. The molecule has 0 radical (unpaired) electrons. The number of amides is 4. The van der Waals surface area contributed by atoms with Crippen molar-refractivity contribution in [3.05, 3.63) is 89.6 Å². The number of pyridine rings is 1. The number of methoxy groups -OCH3 is 1. The van der Waals surface area contributed by atoms with Crippen molar-refractivity contribution in [2.24, 2.45) is 5.92 Å². The first-order chi connectivity index (χ1) is 21.2. The standard InChI is InChI=1S/C34H40N4O7/c1-33(2,3)44-32(42)38(45-34(4,5)6)27-21-23(17-18-35-27)20-25-28(30(40)43-7)37(29(25)39)31(41)36-26-16-12-11-15-24(26)19-22-13-9-8-10-14-22/h8-18,21,25,28H,19-20H2,1-7H3,(H,36,41). The molecule has 1 fully saturated rings. The van der Waals surface area contributed by atoms with E-state index in [1.54, 1.807) is 65.8 Å². The molecule has 45 heavy (non-hydrogen) atoms. The van der Waals surface area contributed by atoms with Crippen LogP contribution in [0.5, 0.6) is 0 Å². The fraction of sp³-hybridized carbons (Fsp3) is 0.382. The van der Waals surface area contributed by atoms with E-state index in [0.717, 1.165) is 21.1 Å². The fourth-order valence-electron chi connectivity index (χ4n) is 4.86.